The van der Waals surface area contributed by atoms with Gasteiger partial charge in [-0.25, -0.2) is 0 Å². The first-order valence-electron chi connectivity index (χ1n) is 9.10. The largest absolute Gasteiger partial charge is 0.508 e. The topological polar surface area (TPSA) is 96.3 Å². The van der Waals surface area contributed by atoms with E-state index in [0.29, 0.717) is 16.9 Å². The summed E-state index contributed by atoms with van der Waals surface area (Å²) in [6, 6.07) is 10.4. The van der Waals surface area contributed by atoms with Gasteiger partial charge in [0, 0.05) is 19.2 Å². The second-order valence-electron chi connectivity index (χ2n) is 6.76. The Hall–Kier alpha value is -3.32. The van der Waals surface area contributed by atoms with Crippen LogP contribution in [0.15, 0.2) is 48.0 Å². The minimum atomic E-state index is -0.784. The van der Waals surface area contributed by atoms with E-state index in [2.05, 4.69) is 0 Å². The molecule has 2 aromatic carbocycles. The van der Waals surface area contributed by atoms with Crippen LogP contribution in [0.3, 0.4) is 0 Å². The summed E-state index contributed by atoms with van der Waals surface area (Å²) in [6.07, 6.45) is 0. The Kier molecular flexibility index (Phi) is 5.89. The van der Waals surface area contributed by atoms with Gasteiger partial charge >= 0.3 is 0 Å². The molecule has 2 N–H and O–H groups in total. The Morgan fingerprint density at radius 1 is 1.10 bits per heavy atom. The number of amides is 1. The zero-order chi connectivity index (χ0) is 21.1. The predicted molar refractivity (Wildman–Crippen MR) is 107 cm³/mol. The van der Waals surface area contributed by atoms with Crippen molar-refractivity contribution in [3.05, 3.63) is 64.7 Å². The second kappa shape index (κ2) is 8.36. The molecule has 0 aromatic heterocycles. The molecule has 7 nitrogen and oxygen atoms in total. The summed E-state index contributed by atoms with van der Waals surface area (Å²) in [7, 11) is 3.06. The van der Waals surface area contributed by atoms with Crippen molar-refractivity contribution in [1.82, 2.24) is 4.90 Å². The van der Waals surface area contributed by atoms with Gasteiger partial charge in [0.1, 0.15) is 17.3 Å². The van der Waals surface area contributed by atoms with Gasteiger partial charge in [-0.3, -0.25) is 9.59 Å². The highest BCUT2D eigenvalue weighted by molar-refractivity contribution is 6.46. The molecule has 1 heterocycles. The van der Waals surface area contributed by atoms with Gasteiger partial charge in [-0.1, -0.05) is 12.1 Å². The van der Waals surface area contributed by atoms with Gasteiger partial charge in [0.2, 0.25) is 0 Å². The molecule has 1 saturated heterocycles. The fourth-order valence-corrected chi connectivity index (χ4v) is 3.48. The highest BCUT2D eigenvalue weighted by atomic mass is 16.5. The molecule has 0 radical (unpaired) electrons. The number of phenols is 1. The highest BCUT2D eigenvalue weighted by Crippen LogP contribution is 2.40. The Balaban J connectivity index is 2.15. The summed E-state index contributed by atoms with van der Waals surface area (Å²) in [6.45, 7) is 2.25. The van der Waals surface area contributed by atoms with Gasteiger partial charge in [0.15, 0.2) is 0 Å². The van der Waals surface area contributed by atoms with E-state index in [4.69, 9.17) is 9.47 Å². The first-order chi connectivity index (χ1) is 13.9. The van der Waals surface area contributed by atoms with Crippen LogP contribution in [0.2, 0.25) is 0 Å². The van der Waals surface area contributed by atoms with E-state index in [0.717, 1.165) is 5.56 Å². The number of phenolic OH excluding ortho intramolecular Hbond substituents is 1. The SMILES string of the molecule is COCCN1C(=O)C(=O)/C(=C(/O)c2ccc(OC)c(C)c2)C1c1ccc(O)cc1. The fraction of sp³-hybridized carbons (Fsp3) is 0.273. The minimum Gasteiger partial charge on any atom is -0.508 e. The molecule has 1 atom stereocenters. The van der Waals surface area contributed by atoms with Crippen LogP contribution in [-0.4, -0.2) is 54.2 Å². The van der Waals surface area contributed by atoms with Crippen LogP contribution in [-0.2, 0) is 14.3 Å². The van der Waals surface area contributed by atoms with Gasteiger partial charge in [-0.2, -0.15) is 0 Å². The van der Waals surface area contributed by atoms with Crippen molar-refractivity contribution < 1.29 is 29.3 Å². The number of methoxy groups -OCH3 is 2. The van der Waals surface area contributed by atoms with Crippen molar-refractivity contribution in [2.75, 3.05) is 27.4 Å². The Morgan fingerprint density at radius 3 is 2.38 bits per heavy atom. The molecule has 0 bridgehead atoms. The molecule has 0 spiro atoms. The number of carbonyl (C=O) groups is 2. The second-order valence-corrected chi connectivity index (χ2v) is 6.76. The number of hydrogen-bond acceptors (Lipinski definition) is 6. The molecular weight excluding hydrogens is 374 g/mol. The normalized spacial score (nSPS) is 18.3. The molecule has 3 rings (SSSR count). The standard InChI is InChI=1S/C22H23NO6/c1-13-12-15(6-9-17(13)29-3)20(25)18-19(14-4-7-16(24)8-5-14)23(10-11-28-2)22(27)21(18)26/h4-9,12,19,24-25H,10-11H2,1-3H3/b20-18+. The molecule has 0 saturated carbocycles. The van der Waals surface area contributed by atoms with Gasteiger partial charge in [-0.05, 0) is 48.4 Å². The maximum atomic E-state index is 12.8. The molecular formula is C22H23NO6. The number of aryl methyl sites for hydroxylation is 1. The molecule has 1 unspecified atom stereocenters. The molecule has 1 aliphatic heterocycles. The fourth-order valence-electron chi connectivity index (χ4n) is 3.48. The van der Waals surface area contributed by atoms with Crippen molar-refractivity contribution >= 4 is 17.4 Å². The van der Waals surface area contributed by atoms with E-state index >= 15 is 0 Å². The van der Waals surface area contributed by atoms with E-state index in [1.54, 1.807) is 37.4 Å². The lowest BCUT2D eigenvalue weighted by molar-refractivity contribution is -0.140. The van der Waals surface area contributed by atoms with Crippen molar-refractivity contribution in [3.8, 4) is 11.5 Å². The molecule has 0 aliphatic carbocycles. The smallest absolute Gasteiger partial charge is 0.295 e. The number of aliphatic hydroxyl groups is 1. The number of ether oxygens (including phenoxy) is 2. The third-order valence-electron chi connectivity index (χ3n) is 4.95. The number of Topliss-reactive ketones (excluding diaryl/α,β-unsaturated/α-hetero) is 1. The average molecular weight is 397 g/mol. The van der Waals surface area contributed by atoms with Crippen molar-refractivity contribution in [2.45, 2.75) is 13.0 Å². The van der Waals surface area contributed by atoms with Crippen LogP contribution in [0, 0.1) is 6.92 Å². The Labute approximate surface area is 168 Å². The summed E-state index contributed by atoms with van der Waals surface area (Å²) < 4.78 is 10.3. The van der Waals surface area contributed by atoms with Crippen molar-refractivity contribution in [3.63, 3.8) is 0 Å². The van der Waals surface area contributed by atoms with Crippen LogP contribution in [0.1, 0.15) is 22.7 Å². The zero-order valence-corrected chi connectivity index (χ0v) is 16.5. The molecule has 1 amide bonds. The van der Waals surface area contributed by atoms with Crippen LogP contribution in [0.25, 0.3) is 5.76 Å². The molecule has 7 heteroatoms. The summed E-state index contributed by atoms with van der Waals surface area (Å²) in [5.41, 5.74) is 1.80. The lowest BCUT2D eigenvalue weighted by atomic mass is 9.94. The third-order valence-corrected chi connectivity index (χ3v) is 4.95. The lowest BCUT2D eigenvalue weighted by Crippen LogP contribution is -2.32. The van der Waals surface area contributed by atoms with Crippen LogP contribution in [0.5, 0.6) is 11.5 Å². The predicted octanol–water partition coefficient (Wildman–Crippen LogP) is 2.78. The summed E-state index contributed by atoms with van der Waals surface area (Å²) in [4.78, 5) is 26.9. The van der Waals surface area contributed by atoms with Gasteiger partial charge in [-0.15, -0.1) is 0 Å². The summed E-state index contributed by atoms with van der Waals surface area (Å²) in [5.74, 6) is -1.00. The van der Waals surface area contributed by atoms with Gasteiger partial charge < -0.3 is 24.6 Å². The minimum absolute atomic E-state index is 0.00126. The lowest BCUT2D eigenvalue weighted by Gasteiger charge is -2.25. The van der Waals surface area contributed by atoms with Crippen LogP contribution in [0.4, 0.5) is 0 Å². The number of aliphatic hydroxyl groups excluding tert-OH is 1. The number of likely N-dealkylation sites (tertiary alicyclic amines) is 1. The third kappa shape index (κ3) is 3.82. The number of rotatable bonds is 6. The van der Waals surface area contributed by atoms with E-state index < -0.39 is 17.7 Å². The average Bonchev–Trinajstić information content (AvgIpc) is 2.96. The first-order valence-corrected chi connectivity index (χ1v) is 9.10. The maximum Gasteiger partial charge on any atom is 0.295 e. The number of carbonyl (C=O) groups excluding carboxylic acids is 2. The summed E-state index contributed by atoms with van der Waals surface area (Å²) >= 11 is 0. The molecule has 1 aliphatic rings. The van der Waals surface area contributed by atoms with Gasteiger partial charge in [0.25, 0.3) is 11.7 Å². The van der Waals surface area contributed by atoms with E-state index in [1.165, 1.54) is 24.1 Å². The molecule has 152 valence electrons. The van der Waals surface area contributed by atoms with E-state index in [9.17, 15) is 19.8 Å². The molecule has 1 fully saturated rings. The Morgan fingerprint density at radius 2 is 1.79 bits per heavy atom. The number of aromatic hydroxyl groups is 1. The van der Waals surface area contributed by atoms with Gasteiger partial charge in [0.05, 0.1) is 25.3 Å². The zero-order valence-electron chi connectivity index (χ0n) is 16.5. The van der Waals surface area contributed by atoms with Crippen LogP contribution < -0.4 is 4.74 Å². The molecule has 29 heavy (non-hydrogen) atoms. The van der Waals surface area contributed by atoms with Crippen LogP contribution >= 0.6 is 0 Å². The number of hydrogen-bond donors (Lipinski definition) is 2. The number of nitrogens with zero attached hydrogens (tertiary/aromatic N) is 1. The quantitative estimate of drug-likeness (QED) is 0.442. The molecule has 2 aromatic rings. The van der Waals surface area contributed by atoms with E-state index in [-0.39, 0.29) is 30.2 Å². The highest BCUT2D eigenvalue weighted by Gasteiger charge is 2.45. The van der Waals surface area contributed by atoms with Crippen molar-refractivity contribution in [1.29, 1.82) is 0 Å². The summed E-state index contributed by atoms with van der Waals surface area (Å²) in [5, 5.41) is 20.6. The Bertz CT molecular complexity index is 964. The monoisotopic (exact) mass is 397 g/mol. The number of ketones is 1. The number of benzene rings is 2. The van der Waals surface area contributed by atoms with E-state index in [1.807, 2.05) is 6.92 Å². The van der Waals surface area contributed by atoms with Crippen molar-refractivity contribution in [2.24, 2.45) is 0 Å². The maximum absolute atomic E-state index is 12.8. The first kappa shape index (κ1) is 20.4.